The van der Waals surface area contributed by atoms with Crippen LogP contribution in [0, 0.1) is 0 Å². The van der Waals surface area contributed by atoms with E-state index >= 15 is 0 Å². The molecule has 182 valence electrons. The summed E-state index contributed by atoms with van der Waals surface area (Å²) >= 11 is 0. The zero-order valence-electron chi connectivity index (χ0n) is 16.6. The number of carboxylic acid groups (broad SMARTS) is 2. The van der Waals surface area contributed by atoms with E-state index in [4.69, 9.17) is 29.5 Å². The molecule has 2 fully saturated rings. The summed E-state index contributed by atoms with van der Waals surface area (Å²) in [5.41, 5.74) is 0. The van der Waals surface area contributed by atoms with Crippen molar-refractivity contribution in [3.8, 4) is 0 Å². The van der Waals surface area contributed by atoms with Crippen LogP contribution in [0.5, 0.6) is 0 Å². The lowest BCUT2D eigenvalue weighted by Crippen LogP contribution is -2.36. The van der Waals surface area contributed by atoms with Gasteiger partial charge >= 0.3 is 24.3 Å². The summed E-state index contributed by atoms with van der Waals surface area (Å²) in [6.45, 7) is 4.56. The van der Waals surface area contributed by atoms with Crippen LogP contribution in [0.3, 0.4) is 0 Å². The van der Waals surface area contributed by atoms with Gasteiger partial charge in [-0.2, -0.15) is 26.3 Å². The van der Waals surface area contributed by atoms with Crippen molar-refractivity contribution >= 4 is 17.8 Å². The van der Waals surface area contributed by atoms with Gasteiger partial charge in [0.05, 0.1) is 19.3 Å². The Balaban J connectivity index is 0.000000305. The predicted molar refractivity (Wildman–Crippen MR) is 97.0 cm³/mol. The normalized spacial score (nSPS) is 19.1. The fraction of sp³-hybridized carbons (Fsp3) is 0.647. The first-order chi connectivity index (χ1) is 14.8. The number of nitrogens with zero attached hydrogens (tertiary/aromatic N) is 3. The van der Waals surface area contributed by atoms with E-state index in [0.717, 1.165) is 37.9 Å². The van der Waals surface area contributed by atoms with Crippen molar-refractivity contribution in [2.75, 3.05) is 37.7 Å². The van der Waals surface area contributed by atoms with Crippen LogP contribution >= 0.6 is 0 Å². The van der Waals surface area contributed by atoms with Gasteiger partial charge in [-0.25, -0.2) is 19.6 Å². The van der Waals surface area contributed by atoms with E-state index in [-0.39, 0.29) is 6.04 Å². The number of carboxylic acids is 2. The first kappa shape index (κ1) is 27.4. The molecule has 0 bridgehead atoms. The summed E-state index contributed by atoms with van der Waals surface area (Å²) in [6.07, 6.45) is -4.43. The van der Waals surface area contributed by atoms with Gasteiger partial charge in [-0.1, -0.05) is 0 Å². The van der Waals surface area contributed by atoms with Gasteiger partial charge in [-0.15, -0.1) is 0 Å². The van der Waals surface area contributed by atoms with Gasteiger partial charge in [0.15, 0.2) is 0 Å². The van der Waals surface area contributed by atoms with Gasteiger partial charge in [-0.3, -0.25) is 0 Å². The van der Waals surface area contributed by atoms with Gasteiger partial charge in [0.1, 0.15) is 11.6 Å². The number of anilines is 1. The third-order valence-electron chi connectivity index (χ3n) is 4.06. The minimum Gasteiger partial charge on any atom is -0.475 e. The van der Waals surface area contributed by atoms with E-state index in [1.54, 1.807) is 0 Å². The molecule has 0 amide bonds. The van der Waals surface area contributed by atoms with Crippen LogP contribution in [0.2, 0.25) is 0 Å². The Labute approximate surface area is 178 Å². The molecule has 0 radical (unpaired) electrons. The second-order valence-electron chi connectivity index (χ2n) is 6.51. The lowest BCUT2D eigenvalue weighted by Gasteiger charge is -2.29. The molecule has 0 aliphatic carbocycles. The molecule has 32 heavy (non-hydrogen) atoms. The van der Waals surface area contributed by atoms with Crippen LogP contribution in [0.4, 0.5) is 32.2 Å². The predicted octanol–water partition coefficient (Wildman–Crippen LogP) is 2.39. The van der Waals surface area contributed by atoms with Crippen LogP contribution in [0.1, 0.15) is 31.1 Å². The van der Waals surface area contributed by atoms with Gasteiger partial charge in [0.2, 0.25) is 0 Å². The standard InChI is InChI=1S/C13H20N4O.2C2HF3O2/c1-2-7-17(8-3-1)12-4-5-15-13(16-12)11-10-18-9-6-14-11;2*3-2(4,5)1(6)7/h4-5,11,14H,1-3,6-10H2;2*(H,6,7). The van der Waals surface area contributed by atoms with Crippen LogP contribution < -0.4 is 10.2 Å². The molecule has 2 saturated heterocycles. The number of carbonyl (C=O) groups is 2. The Kier molecular flexibility index (Phi) is 10.6. The highest BCUT2D eigenvalue weighted by atomic mass is 19.4. The van der Waals surface area contributed by atoms with Gasteiger partial charge < -0.3 is 25.2 Å². The van der Waals surface area contributed by atoms with E-state index in [0.29, 0.717) is 6.61 Å². The number of aliphatic carboxylic acids is 2. The number of alkyl halides is 6. The fourth-order valence-electron chi connectivity index (χ4n) is 2.56. The number of hydrogen-bond donors (Lipinski definition) is 3. The zero-order chi connectivity index (χ0) is 24.4. The van der Waals surface area contributed by atoms with E-state index in [2.05, 4.69) is 15.2 Å². The molecule has 0 aromatic carbocycles. The molecule has 0 spiro atoms. The average Bonchev–Trinajstić information content (AvgIpc) is 2.75. The second kappa shape index (κ2) is 12.4. The van der Waals surface area contributed by atoms with E-state index in [9.17, 15) is 26.3 Å². The smallest absolute Gasteiger partial charge is 0.475 e. The molecular weight excluding hydrogens is 454 g/mol. The SMILES string of the molecule is O=C(O)C(F)(F)F.O=C(O)C(F)(F)F.c1cc(N2CCCCC2)nc(C2COCCN2)n1. The van der Waals surface area contributed by atoms with Crippen molar-refractivity contribution in [1.29, 1.82) is 0 Å². The molecule has 9 nitrogen and oxygen atoms in total. The van der Waals surface area contributed by atoms with Crippen molar-refractivity contribution in [3.63, 3.8) is 0 Å². The first-order valence-electron chi connectivity index (χ1n) is 9.31. The number of halogens is 6. The minimum absolute atomic E-state index is 0.142. The van der Waals surface area contributed by atoms with Gasteiger partial charge in [0, 0.05) is 25.8 Å². The maximum absolute atomic E-state index is 10.6. The second-order valence-corrected chi connectivity index (χ2v) is 6.51. The topological polar surface area (TPSA) is 125 Å². The average molecular weight is 476 g/mol. The minimum atomic E-state index is -5.08. The number of nitrogens with one attached hydrogen (secondary N) is 1. The number of rotatable bonds is 2. The Morgan fingerprint density at radius 2 is 1.56 bits per heavy atom. The molecule has 1 unspecified atom stereocenters. The highest BCUT2D eigenvalue weighted by Gasteiger charge is 2.38. The molecular formula is C17H22F6N4O5. The van der Waals surface area contributed by atoms with Crippen LogP contribution in [-0.2, 0) is 14.3 Å². The van der Waals surface area contributed by atoms with Crippen molar-refractivity contribution < 1.29 is 50.9 Å². The maximum atomic E-state index is 10.6. The third kappa shape index (κ3) is 10.1. The molecule has 1 aromatic rings. The summed E-state index contributed by atoms with van der Waals surface area (Å²) < 4.78 is 68.9. The van der Waals surface area contributed by atoms with E-state index in [1.807, 2.05) is 12.3 Å². The molecule has 1 aromatic heterocycles. The molecule has 3 N–H and O–H groups in total. The first-order valence-corrected chi connectivity index (χ1v) is 9.31. The van der Waals surface area contributed by atoms with Gasteiger partial charge in [0.25, 0.3) is 0 Å². The molecule has 1 atom stereocenters. The third-order valence-corrected chi connectivity index (χ3v) is 4.06. The Morgan fingerprint density at radius 3 is 2.00 bits per heavy atom. The number of ether oxygens (including phenoxy) is 1. The van der Waals surface area contributed by atoms with Crippen molar-refractivity contribution in [2.24, 2.45) is 0 Å². The van der Waals surface area contributed by atoms with Crippen molar-refractivity contribution in [1.82, 2.24) is 15.3 Å². The summed E-state index contributed by atoms with van der Waals surface area (Å²) in [7, 11) is 0. The van der Waals surface area contributed by atoms with Crippen LogP contribution in [0.15, 0.2) is 12.3 Å². The molecule has 2 aliphatic rings. The molecule has 2 aliphatic heterocycles. The van der Waals surface area contributed by atoms with Crippen molar-refractivity contribution in [3.05, 3.63) is 18.1 Å². The highest BCUT2D eigenvalue weighted by Crippen LogP contribution is 2.19. The van der Waals surface area contributed by atoms with Crippen LogP contribution in [-0.4, -0.2) is 77.3 Å². The summed E-state index contributed by atoms with van der Waals surface area (Å²) in [5.74, 6) is -3.59. The number of piperidine rings is 1. The quantitative estimate of drug-likeness (QED) is 0.552. The van der Waals surface area contributed by atoms with E-state index in [1.165, 1.54) is 19.3 Å². The molecule has 3 rings (SSSR count). The monoisotopic (exact) mass is 476 g/mol. The fourth-order valence-corrected chi connectivity index (χ4v) is 2.56. The molecule has 3 heterocycles. The van der Waals surface area contributed by atoms with Crippen molar-refractivity contribution in [2.45, 2.75) is 37.7 Å². The maximum Gasteiger partial charge on any atom is 0.490 e. The lowest BCUT2D eigenvalue weighted by molar-refractivity contribution is -0.193. The molecule has 15 heteroatoms. The number of morpholine rings is 1. The lowest BCUT2D eigenvalue weighted by atomic mass is 10.1. The van der Waals surface area contributed by atoms with Crippen LogP contribution in [0.25, 0.3) is 0 Å². The summed E-state index contributed by atoms with van der Waals surface area (Å²) in [5, 5.41) is 17.6. The molecule has 0 saturated carbocycles. The van der Waals surface area contributed by atoms with Gasteiger partial charge in [-0.05, 0) is 25.3 Å². The number of aromatic nitrogens is 2. The Hall–Kier alpha value is -2.68. The number of hydrogen-bond acceptors (Lipinski definition) is 7. The Bertz CT molecular complexity index is 678. The summed E-state index contributed by atoms with van der Waals surface area (Å²) in [6, 6.07) is 2.15. The highest BCUT2D eigenvalue weighted by molar-refractivity contribution is 5.73. The Morgan fingerprint density at radius 1 is 1.03 bits per heavy atom. The summed E-state index contributed by atoms with van der Waals surface area (Å²) in [4.78, 5) is 29.2. The zero-order valence-corrected chi connectivity index (χ0v) is 16.6. The largest absolute Gasteiger partial charge is 0.490 e. The van der Waals surface area contributed by atoms with E-state index < -0.39 is 24.3 Å².